The lowest BCUT2D eigenvalue weighted by Gasteiger charge is -2.21. The predicted molar refractivity (Wildman–Crippen MR) is 92.2 cm³/mol. The zero-order valence-electron chi connectivity index (χ0n) is 12.8. The molecule has 2 heterocycles. The second-order valence-electron chi connectivity index (χ2n) is 5.17. The Morgan fingerprint density at radius 1 is 1.39 bits per heavy atom. The summed E-state index contributed by atoms with van der Waals surface area (Å²) in [7, 11) is 0. The number of anilines is 2. The maximum absolute atomic E-state index is 12.3. The van der Waals surface area contributed by atoms with Crippen LogP contribution in [0.25, 0.3) is 0 Å². The van der Waals surface area contributed by atoms with Gasteiger partial charge >= 0.3 is 0 Å². The van der Waals surface area contributed by atoms with Crippen LogP contribution in [-0.2, 0) is 11.2 Å². The summed E-state index contributed by atoms with van der Waals surface area (Å²) in [6.45, 7) is 3.92. The van der Waals surface area contributed by atoms with Crippen LogP contribution in [0.4, 0.5) is 10.8 Å². The van der Waals surface area contributed by atoms with Crippen LogP contribution < -0.4 is 10.6 Å². The van der Waals surface area contributed by atoms with Gasteiger partial charge in [-0.1, -0.05) is 18.3 Å². The summed E-state index contributed by atoms with van der Waals surface area (Å²) in [6, 6.07) is 5.29. The van der Waals surface area contributed by atoms with Crippen molar-refractivity contribution in [2.75, 3.05) is 10.6 Å². The number of nitrogens with one attached hydrogen (secondary N) is 2. The van der Waals surface area contributed by atoms with Gasteiger partial charge in [0.15, 0.2) is 0 Å². The molecule has 1 aliphatic rings. The highest BCUT2D eigenvalue weighted by Gasteiger charge is 2.23. The summed E-state index contributed by atoms with van der Waals surface area (Å²) in [4.78, 5) is 25.0. The van der Waals surface area contributed by atoms with Gasteiger partial charge in [-0.2, -0.15) is 0 Å². The van der Waals surface area contributed by atoms with Crippen molar-refractivity contribution in [2.45, 2.75) is 36.8 Å². The van der Waals surface area contributed by atoms with Crippen LogP contribution in [0.5, 0.6) is 0 Å². The molecule has 120 valence electrons. The number of amides is 2. The van der Waals surface area contributed by atoms with Crippen molar-refractivity contribution in [1.29, 1.82) is 0 Å². The molecule has 0 aliphatic carbocycles. The minimum Gasteiger partial charge on any atom is -0.324 e. The maximum Gasteiger partial charge on any atom is 0.257 e. The number of carbonyl (C=O) groups is 2. The summed E-state index contributed by atoms with van der Waals surface area (Å²) in [6.07, 6.45) is 1.84. The molecule has 1 aromatic heterocycles. The SMILES string of the molecule is CCCc1nnc(NC(=O)c2ccc3c(c2)NC(=O)[C@H](C)S3)s1. The topological polar surface area (TPSA) is 84.0 Å². The van der Waals surface area contributed by atoms with Crippen LogP contribution in [0, 0.1) is 0 Å². The molecule has 1 atom stereocenters. The maximum atomic E-state index is 12.3. The number of aromatic nitrogens is 2. The number of carbonyl (C=O) groups excluding carboxylic acids is 2. The lowest BCUT2D eigenvalue weighted by atomic mass is 10.2. The molecular formula is C15H16N4O2S2. The third kappa shape index (κ3) is 3.53. The number of rotatable bonds is 4. The summed E-state index contributed by atoms with van der Waals surface area (Å²) in [5.74, 6) is -0.307. The molecule has 6 nitrogen and oxygen atoms in total. The van der Waals surface area contributed by atoms with Crippen molar-refractivity contribution in [1.82, 2.24) is 10.2 Å². The lowest BCUT2D eigenvalue weighted by Crippen LogP contribution is -2.26. The van der Waals surface area contributed by atoms with E-state index in [1.807, 2.05) is 13.0 Å². The fraction of sp³-hybridized carbons (Fsp3) is 0.333. The molecule has 1 aromatic carbocycles. The van der Waals surface area contributed by atoms with Gasteiger partial charge in [-0.05, 0) is 31.5 Å². The van der Waals surface area contributed by atoms with E-state index in [2.05, 4.69) is 27.8 Å². The van der Waals surface area contributed by atoms with E-state index in [0.717, 1.165) is 22.7 Å². The molecule has 0 saturated heterocycles. The molecule has 8 heteroatoms. The highest BCUT2D eigenvalue weighted by atomic mass is 32.2. The minimum absolute atomic E-state index is 0.0478. The first kappa shape index (κ1) is 15.9. The van der Waals surface area contributed by atoms with Crippen LogP contribution in [0.3, 0.4) is 0 Å². The van der Waals surface area contributed by atoms with Crippen molar-refractivity contribution in [2.24, 2.45) is 0 Å². The fourth-order valence-corrected chi connectivity index (χ4v) is 3.91. The van der Waals surface area contributed by atoms with Gasteiger partial charge in [0.2, 0.25) is 11.0 Å². The normalized spacial score (nSPS) is 16.6. The van der Waals surface area contributed by atoms with Crippen molar-refractivity contribution < 1.29 is 9.59 Å². The van der Waals surface area contributed by atoms with Crippen LogP contribution in [-0.4, -0.2) is 27.3 Å². The average molecular weight is 348 g/mol. The smallest absolute Gasteiger partial charge is 0.257 e. The van der Waals surface area contributed by atoms with Crippen LogP contribution in [0.1, 0.15) is 35.6 Å². The highest BCUT2D eigenvalue weighted by molar-refractivity contribution is 8.00. The zero-order chi connectivity index (χ0) is 16.4. The van der Waals surface area contributed by atoms with E-state index in [0.29, 0.717) is 16.4 Å². The van der Waals surface area contributed by atoms with Crippen molar-refractivity contribution in [3.05, 3.63) is 28.8 Å². The molecule has 0 spiro atoms. The molecule has 2 N–H and O–H groups in total. The van der Waals surface area contributed by atoms with Crippen molar-refractivity contribution in [3.63, 3.8) is 0 Å². The Hall–Kier alpha value is -1.93. The zero-order valence-corrected chi connectivity index (χ0v) is 14.4. The van der Waals surface area contributed by atoms with Gasteiger partial charge in [0.1, 0.15) is 5.01 Å². The number of fused-ring (bicyclic) bond motifs is 1. The van der Waals surface area contributed by atoms with Crippen molar-refractivity contribution in [3.8, 4) is 0 Å². The number of hydrogen-bond acceptors (Lipinski definition) is 6. The number of benzene rings is 1. The minimum atomic E-state index is -0.259. The van der Waals surface area contributed by atoms with E-state index in [-0.39, 0.29) is 17.1 Å². The summed E-state index contributed by atoms with van der Waals surface area (Å²) in [5.41, 5.74) is 1.15. The Morgan fingerprint density at radius 2 is 2.22 bits per heavy atom. The second kappa shape index (κ2) is 6.67. The van der Waals surface area contributed by atoms with E-state index in [9.17, 15) is 9.59 Å². The fourth-order valence-electron chi connectivity index (χ4n) is 2.14. The van der Waals surface area contributed by atoms with Gasteiger partial charge in [-0.3, -0.25) is 14.9 Å². The molecule has 0 saturated carbocycles. The number of thioether (sulfide) groups is 1. The Bertz CT molecular complexity index is 760. The van der Waals surface area contributed by atoms with Gasteiger partial charge in [0, 0.05) is 16.9 Å². The summed E-state index contributed by atoms with van der Waals surface area (Å²) in [5, 5.41) is 14.9. The van der Waals surface area contributed by atoms with Gasteiger partial charge in [0.25, 0.3) is 5.91 Å². The average Bonchev–Trinajstić information content (AvgIpc) is 2.95. The van der Waals surface area contributed by atoms with E-state index in [1.165, 1.54) is 23.1 Å². The summed E-state index contributed by atoms with van der Waals surface area (Å²) >= 11 is 2.87. The molecular weight excluding hydrogens is 332 g/mol. The Balaban J connectivity index is 1.75. The largest absolute Gasteiger partial charge is 0.324 e. The number of nitrogens with zero attached hydrogens (tertiary/aromatic N) is 2. The highest BCUT2D eigenvalue weighted by Crippen LogP contribution is 2.36. The molecule has 0 unspecified atom stereocenters. The number of aryl methyl sites for hydroxylation is 1. The monoisotopic (exact) mass is 348 g/mol. The Labute approximate surface area is 142 Å². The molecule has 1 aliphatic heterocycles. The third-order valence-corrected chi connectivity index (χ3v) is 5.40. The van der Waals surface area contributed by atoms with Crippen LogP contribution >= 0.6 is 23.1 Å². The lowest BCUT2D eigenvalue weighted by molar-refractivity contribution is -0.115. The van der Waals surface area contributed by atoms with Crippen molar-refractivity contribution >= 4 is 45.7 Å². The number of hydrogen-bond donors (Lipinski definition) is 2. The van der Waals surface area contributed by atoms with Gasteiger partial charge < -0.3 is 5.32 Å². The standard InChI is InChI=1S/C15H16N4O2S2/c1-3-4-12-18-19-15(23-12)17-14(21)9-5-6-11-10(7-9)16-13(20)8(2)22-11/h5-8H,3-4H2,1-2H3,(H,16,20)(H,17,19,21)/t8-/m0/s1. The summed E-state index contributed by atoms with van der Waals surface area (Å²) < 4.78 is 0. The molecule has 3 rings (SSSR count). The molecule has 2 amide bonds. The van der Waals surface area contributed by atoms with Gasteiger partial charge in [-0.25, -0.2) is 0 Å². The van der Waals surface area contributed by atoms with E-state index < -0.39 is 0 Å². The van der Waals surface area contributed by atoms with E-state index >= 15 is 0 Å². The second-order valence-corrected chi connectivity index (χ2v) is 7.61. The third-order valence-electron chi connectivity index (χ3n) is 3.32. The van der Waals surface area contributed by atoms with Crippen LogP contribution in [0.2, 0.25) is 0 Å². The van der Waals surface area contributed by atoms with Crippen LogP contribution in [0.15, 0.2) is 23.1 Å². The Kier molecular flexibility index (Phi) is 4.63. The molecule has 0 bridgehead atoms. The Morgan fingerprint density at radius 3 is 3.00 bits per heavy atom. The first-order valence-corrected chi connectivity index (χ1v) is 9.01. The quantitative estimate of drug-likeness (QED) is 0.886. The van der Waals surface area contributed by atoms with Gasteiger partial charge in [0.05, 0.1) is 10.9 Å². The molecule has 2 aromatic rings. The first-order valence-electron chi connectivity index (χ1n) is 7.32. The molecule has 23 heavy (non-hydrogen) atoms. The predicted octanol–water partition coefficient (Wildman–Crippen LogP) is 3.18. The van der Waals surface area contributed by atoms with Gasteiger partial charge in [-0.15, -0.1) is 22.0 Å². The molecule has 0 fully saturated rings. The van der Waals surface area contributed by atoms with E-state index in [4.69, 9.17) is 0 Å². The molecule has 0 radical (unpaired) electrons. The van der Waals surface area contributed by atoms with E-state index in [1.54, 1.807) is 12.1 Å². The first-order chi connectivity index (χ1) is 11.1.